The maximum atomic E-state index is 11.0. The fourth-order valence-corrected chi connectivity index (χ4v) is 3.07. The Hall–Kier alpha value is -3.71. The molecule has 0 fully saturated rings. The number of nitro groups is 1. The minimum atomic E-state index is -0.435. The zero-order valence-electron chi connectivity index (χ0n) is 15.3. The van der Waals surface area contributed by atoms with E-state index in [0.717, 1.165) is 11.1 Å². The summed E-state index contributed by atoms with van der Waals surface area (Å²) in [5, 5.41) is 16.1. The average Bonchev–Trinajstić information content (AvgIpc) is 2.93. The van der Waals surface area contributed by atoms with Crippen molar-refractivity contribution in [1.82, 2.24) is 5.43 Å². The summed E-state index contributed by atoms with van der Waals surface area (Å²) in [5.41, 5.74) is 6.59. The first kappa shape index (κ1) is 18.6. The maximum absolute atomic E-state index is 11.0. The molecule has 0 atom stereocenters. The second-order valence-corrected chi connectivity index (χ2v) is 6.66. The summed E-state index contributed by atoms with van der Waals surface area (Å²) >= 11 is 5.99. The number of nitro benzene ring substituents is 1. The summed E-state index contributed by atoms with van der Waals surface area (Å²) < 4.78 is 5.35. The SMILES string of the molecule is COc1ccc2c(c1)C(c1ccc([N+](=O)[O-])cc1)=NNC(c1ccc(Cl)cc1)=N2. The lowest BCUT2D eigenvalue weighted by Gasteiger charge is -2.09. The standard InChI is InChI=1S/C21H15ClN4O3/c1-29-17-10-11-19-18(12-17)20(13-4-8-16(9-5-13)26(27)28)24-25-21(23-19)14-2-6-15(22)7-3-14/h2-12H,1H3,(H,23,25). The van der Waals surface area contributed by atoms with Gasteiger partial charge in [0.05, 0.1) is 17.7 Å². The minimum Gasteiger partial charge on any atom is -0.497 e. The van der Waals surface area contributed by atoms with Crippen LogP contribution in [0.4, 0.5) is 11.4 Å². The molecule has 0 aliphatic carbocycles. The third-order valence-electron chi connectivity index (χ3n) is 4.43. The van der Waals surface area contributed by atoms with Crippen LogP contribution in [0.5, 0.6) is 5.75 Å². The number of hydrogen-bond acceptors (Lipinski definition) is 6. The van der Waals surface area contributed by atoms with Crippen LogP contribution in [0, 0.1) is 10.1 Å². The molecule has 1 aliphatic rings. The van der Waals surface area contributed by atoms with E-state index < -0.39 is 4.92 Å². The molecule has 0 saturated heterocycles. The van der Waals surface area contributed by atoms with Crippen molar-refractivity contribution in [3.63, 3.8) is 0 Å². The van der Waals surface area contributed by atoms with Crippen molar-refractivity contribution in [2.75, 3.05) is 7.11 Å². The highest BCUT2D eigenvalue weighted by Crippen LogP contribution is 2.30. The first-order valence-corrected chi connectivity index (χ1v) is 9.04. The number of amidine groups is 1. The van der Waals surface area contributed by atoms with Crippen molar-refractivity contribution in [2.24, 2.45) is 10.1 Å². The number of non-ortho nitro benzene ring substituents is 1. The van der Waals surface area contributed by atoms with Crippen molar-refractivity contribution in [2.45, 2.75) is 0 Å². The summed E-state index contributed by atoms with van der Waals surface area (Å²) in [6.07, 6.45) is 0. The van der Waals surface area contributed by atoms with Gasteiger partial charge < -0.3 is 4.74 Å². The van der Waals surface area contributed by atoms with E-state index in [1.54, 1.807) is 31.4 Å². The normalized spacial score (nSPS) is 12.8. The third-order valence-corrected chi connectivity index (χ3v) is 4.69. The first-order valence-electron chi connectivity index (χ1n) is 8.67. The Morgan fingerprint density at radius 3 is 2.34 bits per heavy atom. The van der Waals surface area contributed by atoms with Gasteiger partial charge in [0.25, 0.3) is 5.69 Å². The summed E-state index contributed by atoms with van der Waals surface area (Å²) in [5.74, 6) is 1.22. The largest absolute Gasteiger partial charge is 0.497 e. The van der Waals surface area contributed by atoms with Crippen LogP contribution >= 0.6 is 11.6 Å². The number of nitrogens with one attached hydrogen (secondary N) is 1. The van der Waals surface area contributed by atoms with Crippen LogP contribution in [0.3, 0.4) is 0 Å². The van der Waals surface area contributed by atoms with Crippen molar-refractivity contribution in [3.8, 4) is 5.75 Å². The predicted octanol–water partition coefficient (Wildman–Crippen LogP) is 4.69. The Kier molecular flexibility index (Phi) is 4.97. The molecule has 3 aromatic rings. The molecule has 144 valence electrons. The van der Waals surface area contributed by atoms with Crippen LogP contribution in [0.2, 0.25) is 5.02 Å². The van der Waals surface area contributed by atoms with Crippen LogP contribution in [0.1, 0.15) is 16.7 Å². The molecule has 0 unspecified atom stereocenters. The number of methoxy groups -OCH3 is 1. The highest BCUT2D eigenvalue weighted by atomic mass is 35.5. The molecule has 1 N–H and O–H groups in total. The molecular weight excluding hydrogens is 392 g/mol. The van der Waals surface area contributed by atoms with Crippen LogP contribution < -0.4 is 10.2 Å². The molecule has 1 heterocycles. The van der Waals surface area contributed by atoms with Gasteiger partial charge in [0, 0.05) is 33.8 Å². The van der Waals surface area contributed by atoms with Crippen molar-refractivity contribution in [1.29, 1.82) is 0 Å². The molecule has 1 aliphatic heterocycles. The van der Waals surface area contributed by atoms with Crippen molar-refractivity contribution < 1.29 is 9.66 Å². The van der Waals surface area contributed by atoms with Gasteiger partial charge in [0.15, 0.2) is 5.84 Å². The molecule has 0 aromatic heterocycles. The quantitative estimate of drug-likeness (QED) is 0.502. The summed E-state index contributed by atoms with van der Waals surface area (Å²) in [6.45, 7) is 0. The topological polar surface area (TPSA) is 89.1 Å². The predicted molar refractivity (Wildman–Crippen MR) is 113 cm³/mol. The van der Waals surface area contributed by atoms with Gasteiger partial charge in [-0.3, -0.25) is 15.5 Å². The van der Waals surface area contributed by atoms with Gasteiger partial charge in [0.2, 0.25) is 0 Å². The van der Waals surface area contributed by atoms with Crippen LogP contribution in [0.25, 0.3) is 0 Å². The Morgan fingerprint density at radius 2 is 1.69 bits per heavy atom. The maximum Gasteiger partial charge on any atom is 0.269 e. The number of nitrogens with zero attached hydrogens (tertiary/aromatic N) is 3. The van der Waals surface area contributed by atoms with Gasteiger partial charge in [0.1, 0.15) is 11.5 Å². The Balaban J connectivity index is 1.83. The van der Waals surface area contributed by atoms with Crippen LogP contribution in [-0.4, -0.2) is 23.6 Å². The number of hydrogen-bond donors (Lipinski definition) is 1. The number of hydrazone groups is 1. The molecule has 0 bridgehead atoms. The Morgan fingerprint density at radius 1 is 1.00 bits per heavy atom. The van der Waals surface area contributed by atoms with Gasteiger partial charge in [-0.05, 0) is 54.6 Å². The molecule has 29 heavy (non-hydrogen) atoms. The van der Waals surface area contributed by atoms with Crippen molar-refractivity contribution >= 4 is 34.5 Å². The lowest BCUT2D eigenvalue weighted by Crippen LogP contribution is -2.19. The smallest absolute Gasteiger partial charge is 0.269 e. The Bertz CT molecular complexity index is 1140. The second kappa shape index (κ2) is 7.73. The monoisotopic (exact) mass is 406 g/mol. The van der Waals surface area contributed by atoms with E-state index >= 15 is 0 Å². The van der Waals surface area contributed by atoms with Crippen LogP contribution in [0.15, 0.2) is 76.8 Å². The van der Waals surface area contributed by atoms with Gasteiger partial charge in [-0.15, -0.1) is 0 Å². The molecule has 4 rings (SSSR count). The van der Waals surface area contributed by atoms with E-state index in [-0.39, 0.29) is 5.69 Å². The average molecular weight is 407 g/mol. The molecule has 0 amide bonds. The van der Waals surface area contributed by atoms with Gasteiger partial charge in [-0.2, -0.15) is 5.10 Å². The van der Waals surface area contributed by atoms with E-state index in [1.165, 1.54) is 12.1 Å². The number of halogens is 1. The van der Waals surface area contributed by atoms with E-state index in [4.69, 9.17) is 21.3 Å². The molecule has 7 nitrogen and oxygen atoms in total. The van der Waals surface area contributed by atoms with E-state index in [0.29, 0.717) is 33.6 Å². The molecular formula is C21H15ClN4O3. The van der Waals surface area contributed by atoms with Crippen molar-refractivity contribution in [3.05, 3.63) is 98.6 Å². The van der Waals surface area contributed by atoms with Gasteiger partial charge in [-0.1, -0.05) is 11.6 Å². The molecule has 0 saturated carbocycles. The fraction of sp³-hybridized carbons (Fsp3) is 0.0476. The number of fused-ring (bicyclic) bond motifs is 1. The molecule has 3 aromatic carbocycles. The van der Waals surface area contributed by atoms with E-state index in [9.17, 15) is 10.1 Å². The number of ether oxygens (including phenoxy) is 1. The van der Waals surface area contributed by atoms with Crippen LogP contribution in [-0.2, 0) is 0 Å². The number of aliphatic imine (C=N–C) groups is 1. The lowest BCUT2D eigenvalue weighted by atomic mass is 10.00. The zero-order valence-corrected chi connectivity index (χ0v) is 16.1. The highest BCUT2D eigenvalue weighted by molar-refractivity contribution is 6.30. The first-order chi connectivity index (χ1) is 14.0. The molecule has 0 radical (unpaired) electrons. The van der Waals surface area contributed by atoms with E-state index in [1.807, 2.05) is 30.3 Å². The zero-order chi connectivity index (χ0) is 20.4. The Labute approximate surface area is 171 Å². The summed E-state index contributed by atoms with van der Waals surface area (Å²) in [7, 11) is 1.59. The van der Waals surface area contributed by atoms with Gasteiger partial charge >= 0.3 is 0 Å². The lowest BCUT2D eigenvalue weighted by molar-refractivity contribution is -0.384. The minimum absolute atomic E-state index is 0.0138. The third kappa shape index (κ3) is 3.81. The highest BCUT2D eigenvalue weighted by Gasteiger charge is 2.19. The number of rotatable bonds is 4. The summed E-state index contributed by atoms with van der Waals surface area (Å²) in [4.78, 5) is 15.3. The molecule has 0 spiro atoms. The summed E-state index contributed by atoms with van der Waals surface area (Å²) in [6, 6.07) is 19.0. The number of benzene rings is 3. The van der Waals surface area contributed by atoms with E-state index in [2.05, 4.69) is 10.5 Å². The fourth-order valence-electron chi connectivity index (χ4n) is 2.94. The second-order valence-electron chi connectivity index (χ2n) is 6.23. The molecule has 8 heteroatoms. The van der Waals surface area contributed by atoms with Gasteiger partial charge in [-0.25, -0.2) is 4.99 Å².